The molecule has 3 rings (SSSR count). The minimum Gasteiger partial charge on any atom is -0.0654 e. The molecule has 0 amide bonds. The summed E-state index contributed by atoms with van der Waals surface area (Å²) in [6.07, 6.45) is 6.79. The summed E-state index contributed by atoms with van der Waals surface area (Å²) in [7, 11) is 0. The highest BCUT2D eigenvalue weighted by atomic mass is 14.5. The first-order valence-electron chi connectivity index (χ1n) is 8.05. The van der Waals surface area contributed by atoms with Crippen LogP contribution in [-0.4, -0.2) is 0 Å². The Kier molecular flexibility index (Phi) is 2.86. The summed E-state index contributed by atoms with van der Waals surface area (Å²) in [6.45, 7) is 12.0. The van der Waals surface area contributed by atoms with Crippen molar-refractivity contribution in [1.29, 1.82) is 0 Å². The Hall–Kier alpha value is -0.780. The van der Waals surface area contributed by atoms with Crippen molar-refractivity contribution < 1.29 is 0 Å². The molecule has 0 saturated carbocycles. The quantitative estimate of drug-likeness (QED) is 0.609. The molecule has 0 heteroatoms. The second kappa shape index (κ2) is 4.11. The number of benzene rings is 1. The van der Waals surface area contributed by atoms with Gasteiger partial charge in [0.15, 0.2) is 0 Å². The largest absolute Gasteiger partial charge is 0.0654 e. The van der Waals surface area contributed by atoms with Crippen LogP contribution >= 0.6 is 0 Å². The number of hydrogen-bond donors (Lipinski definition) is 0. The van der Waals surface area contributed by atoms with E-state index in [9.17, 15) is 0 Å². The van der Waals surface area contributed by atoms with Gasteiger partial charge in [-0.15, -0.1) is 0 Å². The standard InChI is InChI=1S/C19H28/c1-6-7-8-9-13-14-10-16-17(11-15(13)14)19(4,5)12-18(16,2)3/h10-11,13H,6-9,12H2,1-5H3. The predicted molar refractivity (Wildman–Crippen MR) is 83.1 cm³/mol. The van der Waals surface area contributed by atoms with Crippen LogP contribution < -0.4 is 0 Å². The minimum absolute atomic E-state index is 0.365. The second-order valence-electron chi connectivity index (χ2n) is 8.02. The molecule has 0 bridgehead atoms. The molecule has 104 valence electrons. The lowest BCUT2D eigenvalue weighted by Gasteiger charge is -2.22. The minimum atomic E-state index is 0.365. The first-order valence-corrected chi connectivity index (χ1v) is 8.05. The Morgan fingerprint density at radius 2 is 1.47 bits per heavy atom. The van der Waals surface area contributed by atoms with Gasteiger partial charge in [-0.1, -0.05) is 66.0 Å². The maximum atomic E-state index is 2.55. The van der Waals surface area contributed by atoms with Crippen molar-refractivity contribution in [2.45, 2.75) is 83.5 Å². The first-order chi connectivity index (χ1) is 8.87. The van der Waals surface area contributed by atoms with Crippen LogP contribution in [0, 0.1) is 0 Å². The van der Waals surface area contributed by atoms with E-state index < -0.39 is 0 Å². The number of unbranched alkanes of at least 4 members (excludes halogenated alkanes) is 2. The molecule has 0 nitrogen and oxygen atoms in total. The first kappa shape index (κ1) is 13.2. The van der Waals surface area contributed by atoms with E-state index in [1.807, 2.05) is 0 Å². The maximum absolute atomic E-state index is 2.55. The molecule has 0 radical (unpaired) electrons. The van der Waals surface area contributed by atoms with E-state index in [1.165, 1.54) is 32.1 Å². The van der Waals surface area contributed by atoms with Gasteiger partial charge in [-0.25, -0.2) is 0 Å². The van der Waals surface area contributed by atoms with E-state index in [2.05, 4.69) is 46.8 Å². The maximum Gasteiger partial charge on any atom is 0.00954 e. The van der Waals surface area contributed by atoms with Gasteiger partial charge in [-0.05, 0) is 45.9 Å². The van der Waals surface area contributed by atoms with Crippen LogP contribution in [0.25, 0.3) is 0 Å². The molecule has 1 aromatic rings. The molecule has 2 aliphatic carbocycles. The highest BCUT2D eigenvalue weighted by molar-refractivity contribution is 5.61. The van der Waals surface area contributed by atoms with Gasteiger partial charge < -0.3 is 0 Å². The van der Waals surface area contributed by atoms with Crippen LogP contribution in [0.4, 0.5) is 0 Å². The summed E-state index contributed by atoms with van der Waals surface area (Å²) in [4.78, 5) is 0. The normalized spacial score (nSPS) is 22.2. The van der Waals surface area contributed by atoms with Crippen molar-refractivity contribution in [3.63, 3.8) is 0 Å². The number of hydrogen-bond acceptors (Lipinski definition) is 0. The fourth-order valence-electron chi connectivity index (χ4n) is 4.47. The smallest absolute Gasteiger partial charge is 0.00954 e. The summed E-state index contributed by atoms with van der Waals surface area (Å²) in [6, 6.07) is 5.10. The van der Waals surface area contributed by atoms with Gasteiger partial charge in [-0.2, -0.15) is 0 Å². The monoisotopic (exact) mass is 256 g/mol. The average molecular weight is 256 g/mol. The third-order valence-corrected chi connectivity index (χ3v) is 5.33. The summed E-state index contributed by atoms with van der Waals surface area (Å²) < 4.78 is 0. The zero-order chi connectivity index (χ0) is 13.8. The molecule has 0 aliphatic heterocycles. The summed E-state index contributed by atoms with van der Waals surface area (Å²) >= 11 is 0. The predicted octanol–water partition coefficient (Wildman–Crippen LogP) is 5.67. The van der Waals surface area contributed by atoms with Crippen molar-refractivity contribution in [3.8, 4) is 0 Å². The van der Waals surface area contributed by atoms with E-state index in [0.717, 1.165) is 5.92 Å². The SMILES string of the molecule is CCCCCC1c2cc3c(cc21)C(C)(C)CC3(C)C. The van der Waals surface area contributed by atoms with Gasteiger partial charge in [0.05, 0.1) is 0 Å². The summed E-state index contributed by atoms with van der Waals surface area (Å²) in [5, 5.41) is 0. The average Bonchev–Trinajstić information content (AvgIpc) is 2.94. The number of fused-ring (bicyclic) bond motifs is 2. The second-order valence-corrected chi connectivity index (χ2v) is 8.02. The Morgan fingerprint density at radius 3 is 1.95 bits per heavy atom. The molecule has 0 aromatic heterocycles. The zero-order valence-electron chi connectivity index (χ0n) is 13.3. The molecule has 0 unspecified atom stereocenters. The van der Waals surface area contributed by atoms with Crippen molar-refractivity contribution in [2.24, 2.45) is 0 Å². The van der Waals surface area contributed by atoms with Crippen LogP contribution in [0.5, 0.6) is 0 Å². The van der Waals surface area contributed by atoms with Crippen molar-refractivity contribution >= 4 is 0 Å². The molecule has 0 saturated heterocycles. The Morgan fingerprint density at radius 1 is 0.947 bits per heavy atom. The number of rotatable bonds is 4. The Balaban J connectivity index is 1.86. The topological polar surface area (TPSA) is 0 Å². The Labute approximate surface area is 118 Å². The fraction of sp³-hybridized carbons (Fsp3) is 0.684. The van der Waals surface area contributed by atoms with E-state index in [-0.39, 0.29) is 0 Å². The van der Waals surface area contributed by atoms with Crippen molar-refractivity contribution in [1.82, 2.24) is 0 Å². The summed E-state index contributed by atoms with van der Waals surface area (Å²) in [5.74, 6) is 0.809. The van der Waals surface area contributed by atoms with E-state index >= 15 is 0 Å². The van der Waals surface area contributed by atoms with Gasteiger partial charge in [0.2, 0.25) is 0 Å². The highest BCUT2D eigenvalue weighted by Gasteiger charge is 2.45. The van der Waals surface area contributed by atoms with Crippen LogP contribution in [0.3, 0.4) is 0 Å². The van der Waals surface area contributed by atoms with Crippen LogP contribution in [-0.2, 0) is 10.8 Å². The van der Waals surface area contributed by atoms with Gasteiger partial charge in [0.25, 0.3) is 0 Å². The zero-order valence-corrected chi connectivity index (χ0v) is 13.3. The van der Waals surface area contributed by atoms with E-state index in [0.29, 0.717) is 10.8 Å². The van der Waals surface area contributed by atoms with Crippen LogP contribution in [0.2, 0.25) is 0 Å². The lowest BCUT2D eigenvalue weighted by atomic mass is 9.81. The lowest BCUT2D eigenvalue weighted by molar-refractivity contribution is 0.403. The van der Waals surface area contributed by atoms with Gasteiger partial charge in [-0.3, -0.25) is 0 Å². The fourth-order valence-corrected chi connectivity index (χ4v) is 4.47. The summed E-state index contributed by atoms with van der Waals surface area (Å²) in [5.41, 5.74) is 7.33. The molecule has 0 atom stereocenters. The van der Waals surface area contributed by atoms with Crippen LogP contribution in [0.15, 0.2) is 12.1 Å². The third kappa shape index (κ3) is 2.04. The molecule has 2 aliphatic rings. The highest BCUT2D eigenvalue weighted by Crippen LogP contribution is 2.56. The molecule has 1 aromatic carbocycles. The molecule has 0 spiro atoms. The molecule has 0 N–H and O–H groups in total. The van der Waals surface area contributed by atoms with Gasteiger partial charge >= 0.3 is 0 Å². The lowest BCUT2D eigenvalue weighted by Crippen LogP contribution is -2.18. The molecule has 19 heavy (non-hydrogen) atoms. The molecule has 0 fully saturated rings. The third-order valence-electron chi connectivity index (χ3n) is 5.33. The molecule has 0 heterocycles. The van der Waals surface area contributed by atoms with Crippen molar-refractivity contribution in [3.05, 3.63) is 34.4 Å². The van der Waals surface area contributed by atoms with Gasteiger partial charge in [0, 0.05) is 5.92 Å². The van der Waals surface area contributed by atoms with Gasteiger partial charge in [0.1, 0.15) is 0 Å². The van der Waals surface area contributed by atoms with E-state index in [1.54, 1.807) is 22.3 Å². The molecular weight excluding hydrogens is 228 g/mol. The Bertz CT molecular complexity index is 464. The van der Waals surface area contributed by atoms with E-state index in [4.69, 9.17) is 0 Å². The molecular formula is C19H28. The van der Waals surface area contributed by atoms with Crippen molar-refractivity contribution in [2.75, 3.05) is 0 Å². The van der Waals surface area contributed by atoms with Crippen LogP contribution in [0.1, 0.15) is 94.9 Å².